The summed E-state index contributed by atoms with van der Waals surface area (Å²) < 4.78 is 21.4. The van der Waals surface area contributed by atoms with Gasteiger partial charge in [0.15, 0.2) is 17.3 Å². The van der Waals surface area contributed by atoms with Gasteiger partial charge in [0.05, 0.1) is 20.8 Å². The highest BCUT2D eigenvalue weighted by Crippen LogP contribution is 2.28. The number of nitrogens with one attached hydrogen (secondary N) is 1. The number of benzene rings is 1. The second-order valence-electron chi connectivity index (χ2n) is 4.98. The first-order valence-corrected chi connectivity index (χ1v) is 7.16. The highest BCUT2D eigenvalue weighted by Gasteiger charge is 2.22. The topological polar surface area (TPSA) is 78.6 Å². The van der Waals surface area contributed by atoms with E-state index in [2.05, 4.69) is 15.5 Å². The zero-order valence-electron chi connectivity index (χ0n) is 13.1. The van der Waals surface area contributed by atoms with Crippen molar-refractivity contribution in [2.45, 2.75) is 12.5 Å². The van der Waals surface area contributed by atoms with Crippen LogP contribution in [0.2, 0.25) is 0 Å². The van der Waals surface area contributed by atoms with E-state index in [1.807, 2.05) is 18.2 Å². The average molecular weight is 342 g/mol. The number of hydrogen-bond donors (Lipinski definition) is 1. The Morgan fingerprint density at radius 1 is 1.26 bits per heavy atom. The van der Waals surface area contributed by atoms with Crippen LogP contribution in [0.1, 0.15) is 23.4 Å². The van der Waals surface area contributed by atoms with E-state index in [1.165, 1.54) is 0 Å². The van der Waals surface area contributed by atoms with E-state index in [0.717, 1.165) is 12.1 Å². The molecule has 0 spiro atoms. The fourth-order valence-electron chi connectivity index (χ4n) is 2.37. The predicted octanol–water partition coefficient (Wildman–Crippen LogP) is 1.76. The third-order valence-corrected chi connectivity index (χ3v) is 3.50. The Bertz CT molecular complexity index is 629. The standard InChI is InChI=1S/C15H19N3O4.ClH/c1-19-11-4-3-10(7-12(11)20-2)8-14-17-15(22-18-14)13-9-16-5-6-21-13;/h3-4,7,13,16H,5-6,8-9H2,1-2H3;1H/t13-;/m1./s1. The van der Waals surface area contributed by atoms with Gasteiger partial charge < -0.3 is 24.1 Å². The maximum absolute atomic E-state index is 5.60. The maximum atomic E-state index is 5.60. The summed E-state index contributed by atoms with van der Waals surface area (Å²) in [5, 5.41) is 7.26. The summed E-state index contributed by atoms with van der Waals surface area (Å²) in [6, 6.07) is 5.73. The Hall–Kier alpha value is -1.83. The van der Waals surface area contributed by atoms with Crippen molar-refractivity contribution < 1.29 is 18.7 Å². The van der Waals surface area contributed by atoms with Crippen molar-refractivity contribution in [1.29, 1.82) is 0 Å². The van der Waals surface area contributed by atoms with Gasteiger partial charge in [-0.3, -0.25) is 0 Å². The third kappa shape index (κ3) is 4.13. The van der Waals surface area contributed by atoms with Gasteiger partial charge in [-0.15, -0.1) is 12.4 Å². The van der Waals surface area contributed by atoms with Crippen LogP contribution in [0.5, 0.6) is 11.5 Å². The van der Waals surface area contributed by atoms with Crippen LogP contribution >= 0.6 is 12.4 Å². The molecule has 1 aliphatic heterocycles. The Kier molecular flexibility index (Phi) is 6.20. The number of ether oxygens (including phenoxy) is 3. The molecule has 1 fully saturated rings. The minimum atomic E-state index is -0.166. The molecule has 0 aliphatic carbocycles. The Morgan fingerprint density at radius 3 is 2.78 bits per heavy atom. The molecule has 0 saturated carbocycles. The second-order valence-corrected chi connectivity index (χ2v) is 4.98. The van der Waals surface area contributed by atoms with Crippen LogP contribution in [0.25, 0.3) is 0 Å². The number of aromatic nitrogens is 2. The first-order valence-electron chi connectivity index (χ1n) is 7.16. The van der Waals surface area contributed by atoms with Crippen molar-refractivity contribution in [2.75, 3.05) is 33.9 Å². The van der Waals surface area contributed by atoms with Crippen molar-refractivity contribution in [3.05, 3.63) is 35.5 Å². The monoisotopic (exact) mass is 341 g/mol. The van der Waals surface area contributed by atoms with E-state index in [1.54, 1.807) is 14.2 Å². The number of hydrogen-bond acceptors (Lipinski definition) is 7. The number of morpholine rings is 1. The average Bonchev–Trinajstić information content (AvgIpc) is 3.04. The first kappa shape index (κ1) is 17.5. The smallest absolute Gasteiger partial charge is 0.257 e. The summed E-state index contributed by atoms with van der Waals surface area (Å²) in [5.74, 6) is 2.52. The van der Waals surface area contributed by atoms with Crippen LogP contribution in [0.4, 0.5) is 0 Å². The zero-order valence-corrected chi connectivity index (χ0v) is 13.9. The van der Waals surface area contributed by atoms with Crippen LogP contribution in [-0.4, -0.2) is 44.1 Å². The van der Waals surface area contributed by atoms with Gasteiger partial charge in [0.1, 0.15) is 6.10 Å². The number of halogens is 1. The largest absolute Gasteiger partial charge is 0.493 e. The molecule has 0 amide bonds. The fraction of sp³-hybridized carbons (Fsp3) is 0.467. The van der Waals surface area contributed by atoms with Crippen LogP contribution in [0, 0.1) is 0 Å². The number of rotatable bonds is 5. The van der Waals surface area contributed by atoms with Gasteiger partial charge in [0.25, 0.3) is 5.89 Å². The Morgan fingerprint density at radius 2 is 2.09 bits per heavy atom. The molecule has 2 aromatic rings. The lowest BCUT2D eigenvalue weighted by atomic mass is 10.1. The molecular weight excluding hydrogens is 322 g/mol. The van der Waals surface area contributed by atoms with E-state index in [4.69, 9.17) is 18.7 Å². The molecule has 1 atom stereocenters. The van der Waals surface area contributed by atoms with E-state index in [9.17, 15) is 0 Å². The van der Waals surface area contributed by atoms with Gasteiger partial charge in [-0.05, 0) is 17.7 Å². The van der Waals surface area contributed by atoms with Gasteiger partial charge in [-0.25, -0.2) is 0 Å². The fourth-order valence-corrected chi connectivity index (χ4v) is 2.37. The first-order chi connectivity index (χ1) is 10.8. The van der Waals surface area contributed by atoms with Crippen LogP contribution in [0.3, 0.4) is 0 Å². The quantitative estimate of drug-likeness (QED) is 0.887. The normalized spacial score (nSPS) is 17.4. The van der Waals surface area contributed by atoms with Gasteiger partial charge in [0.2, 0.25) is 0 Å². The second kappa shape index (κ2) is 8.14. The maximum Gasteiger partial charge on any atom is 0.257 e. The molecule has 7 nitrogen and oxygen atoms in total. The minimum absolute atomic E-state index is 0. The SMILES string of the molecule is COc1ccc(Cc2noc([C@H]3CNCCO3)n2)cc1OC.Cl. The number of methoxy groups -OCH3 is 2. The molecule has 1 aromatic carbocycles. The van der Waals surface area contributed by atoms with Gasteiger partial charge >= 0.3 is 0 Å². The molecule has 0 bridgehead atoms. The molecule has 8 heteroatoms. The summed E-state index contributed by atoms with van der Waals surface area (Å²) in [5.41, 5.74) is 1.02. The third-order valence-electron chi connectivity index (χ3n) is 3.50. The Labute approximate surface area is 140 Å². The van der Waals surface area contributed by atoms with Crippen molar-refractivity contribution in [3.8, 4) is 11.5 Å². The summed E-state index contributed by atoms with van der Waals surface area (Å²) >= 11 is 0. The van der Waals surface area contributed by atoms with Crippen molar-refractivity contribution in [3.63, 3.8) is 0 Å². The van der Waals surface area contributed by atoms with Gasteiger partial charge in [0, 0.05) is 19.5 Å². The molecule has 1 saturated heterocycles. The highest BCUT2D eigenvalue weighted by atomic mass is 35.5. The van der Waals surface area contributed by atoms with Crippen LogP contribution in [0.15, 0.2) is 22.7 Å². The lowest BCUT2D eigenvalue weighted by molar-refractivity contribution is 0.00755. The molecule has 3 rings (SSSR count). The van der Waals surface area contributed by atoms with Crippen molar-refractivity contribution in [1.82, 2.24) is 15.5 Å². The minimum Gasteiger partial charge on any atom is -0.493 e. The lowest BCUT2D eigenvalue weighted by Gasteiger charge is -2.19. The molecule has 1 aliphatic rings. The highest BCUT2D eigenvalue weighted by molar-refractivity contribution is 5.85. The van der Waals surface area contributed by atoms with E-state index < -0.39 is 0 Å². The molecule has 0 unspecified atom stereocenters. The van der Waals surface area contributed by atoms with E-state index >= 15 is 0 Å². The molecular formula is C15H20ClN3O4. The van der Waals surface area contributed by atoms with Crippen molar-refractivity contribution in [2.24, 2.45) is 0 Å². The van der Waals surface area contributed by atoms with Crippen LogP contribution in [-0.2, 0) is 11.2 Å². The zero-order chi connectivity index (χ0) is 15.4. The van der Waals surface area contributed by atoms with Crippen LogP contribution < -0.4 is 14.8 Å². The Balaban J connectivity index is 0.00000192. The predicted molar refractivity (Wildman–Crippen MR) is 85.5 cm³/mol. The number of nitrogens with zero attached hydrogens (tertiary/aromatic N) is 2. The molecule has 2 heterocycles. The van der Waals surface area contributed by atoms with Crippen molar-refractivity contribution >= 4 is 12.4 Å². The molecule has 1 aromatic heterocycles. The molecule has 0 radical (unpaired) electrons. The van der Waals surface area contributed by atoms with Gasteiger partial charge in [-0.1, -0.05) is 11.2 Å². The summed E-state index contributed by atoms with van der Waals surface area (Å²) in [4.78, 5) is 4.41. The summed E-state index contributed by atoms with van der Waals surface area (Å²) in [6.45, 7) is 2.19. The lowest BCUT2D eigenvalue weighted by Crippen LogP contribution is -2.33. The van der Waals surface area contributed by atoms with E-state index in [0.29, 0.717) is 42.8 Å². The van der Waals surface area contributed by atoms with Gasteiger partial charge in [-0.2, -0.15) is 4.98 Å². The summed E-state index contributed by atoms with van der Waals surface area (Å²) in [7, 11) is 3.22. The molecule has 126 valence electrons. The molecule has 23 heavy (non-hydrogen) atoms. The van der Waals surface area contributed by atoms with E-state index in [-0.39, 0.29) is 18.5 Å². The molecule has 1 N–H and O–H groups in total. The summed E-state index contributed by atoms with van der Waals surface area (Å²) in [6.07, 6.45) is 0.393.